The zero-order chi connectivity index (χ0) is 33.9. The fourth-order valence-electron chi connectivity index (χ4n) is 5.61. The Morgan fingerprint density at radius 3 is 1.61 bits per heavy atom. The number of amides is 4. The number of rotatable bonds is 18. The lowest BCUT2D eigenvalue weighted by atomic mass is 9.91. The van der Waals surface area contributed by atoms with Crippen molar-refractivity contribution in [2.75, 3.05) is 0 Å². The van der Waals surface area contributed by atoms with Gasteiger partial charge in [0.05, 0.1) is 6.04 Å². The van der Waals surface area contributed by atoms with Crippen LogP contribution in [0.15, 0.2) is 60.7 Å². The molecular weight excluding hydrogens is 580 g/mol. The molecule has 1 aliphatic rings. The first-order valence-electron chi connectivity index (χ1n) is 16.6. The summed E-state index contributed by atoms with van der Waals surface area (Å²) < 4.78 is 0. The molecule has 0 heterocycles. The largest absolute Gasteiger partial charge is 0.345 e. The van der Waals surface area contributed by atoms with Crippen LogP contribution in [0.4, 0.5) is 0 Å². The SMILES string of the molecule is CC(=O)NC(CCc1ccccc1)C(=O)NC(CC(C)C)C(=O)NC(Cc1ccccc1)C(=O)NC(CC(C)C)C(=O)C1(C)CC1. The normalized spacial score (nSPS) is 16.1. The van der Waals surface area contributed by atoms with Crippen molar-refractivity contribution in [3.63, 3.8) is 0 Å². The van der Waals surface area contributed by atoms with Crippen LogP contribution in [0.1, 0.15) is 84.8 Å². The molecule has 250 valence electrons. The van der Waals surface area contributed by atoms with Crippen molar-refractivity contribution in [3.05, 3.63) is 71.8 Å². The van der Waals surface area contributed by atoms with Gasteiger partial charge in [-0.3, -0.25) is 24.0 Å². The van der Waals surface area contributed by atoms with Crippen molar-refractivity contribution < 1.29 is 24.0 Å². The monoisotopic (exact) mass is 632 g/mol. The number of ketones is 1. The van der Waals surface area contributed by atoms with E-state index in [9.17, 15) is 24.0 Å². The van der Waals surface area contributed by atoms with Gasteiger partial charge in [0, 0.05) is 18.8 Å². The number of hydrogen-bond donors (Lipinski definition) is 4. The summed E-state index contributed by atoms with van der Waals surface area (Å²) in [5, 5.41) is 11.5. The van der Waals surface area contributed by atoms with Gasteiger partial charge in [-0.05, 0) is 61.5 Å². The highest BCUT2D eigenvalue weighted by Crippen LogP contribution is 2.47. The van der Waals surface area contributed by atoms with Gasteiger partial charge >= 0.3 is 0 Å². The second-order valence-corrected chi connectivity index (χ2v) is 13.8. The third kappa shape index (κ3) is 11.7. The number of Topliss-reactive ketones (excluding diaryl/α,β-unsaturated/α-hetero) is 1. The van der Waals surface area contributed by atoms with E-state index in [1.165, 1.54) is 6.92 Å². The molecule has 46 heavy (non-hydrogen) atoms. The first-order valence-corrected chi connectivity index (χ1v) is 16.6. The van der Waals surface area contributed by atoms with Crippen molar-refractivity contribution in [3.8, 4) is 0 Å². The van der Waals surface area contributed by atoms with Crippen molar-refractivity contribution in [1.82, 2.24) is 21.3 Å². The van der Waals surface area contributed by atoms with Crippen molar-refractivity contribution >= 4 is 29.4 Å². The van der Waals surface area contributed by atoms with Gasteiger partial charge < -0.3 is 21.3 Å². The zero-order valence-electron chi connectivity index (χ0n) is 28.2. The number of hydrogen-bond acceptors (Lipinski definition) is 5. The van der Waals surface area contributed by atoms with Crippen LogP contribution in [0.3, 0.4) is 0 Å². The highest BCUT2D eigenvalue weighted by atomic mass is 16.2. The van der Waals surface area contributed by atoms with Crippen LogP contribution >= 0.6 is 0 Å². The van der Waals surface area contributed by atoms with Crippen LogP contribution in [-0.4, -0.2) is 53.6 Å². The Morgan fingerprint density at radius 1 is 0.630 bits per heavy atom. The first kappa shape index (κ1) is 36.5. The van der Waals surface area contributed by atoms with Gasteiger partial charge in [0.2, 0.25) is 23.6 Å². The molecule has 0 saturated heterocycles. The van der Waals surface area contributed by atoms with E-state index in [0.29, 0.717) is 25.7 Å². The van der Waals surface area contributed by atoms with Crippen LogP contribution in [0, 0.1) is 17.3 Å². The number of benzene rings is 2. The summed E-state index contributed by atoms with van der Waals surface area (Å²) in [5.41, 5.74) is 1.46. The van der Waals surface area contributed by atoms with E-state index in [1.807, 2.05) is 95.3 Å². The molecule has 1 aliphatic carbocycles. The topological polar surface area (TPSA) is 133 Å². The van der Waals surface area contributed by atoms with Gasteiger partial charge in [0.25, 0.3) is 0 Å². The highest BCUT2D eigenvalue weighted by molar-refractivity contribution is 5.97. The summed E-state index contributed by atoms with van der Waals surface area (Å²) >= 11 is 0. The molecule has 0 aromatic heterocycles. The van der Waals surface area contributed by atoms with Gasteiger partial charge in [-0.25, -0.2) is 0 Å². The van der Waals surface area contributed by atoms with Gasteiger partial charge in [0.15, 0.2) is 5.78 Å². The van der Waals surface area contributed by atoms with Crippen LogP contribution in [0.5, 0.6) is 0 Å². The van der Waals surface area contributed by atoms with Crippen molar-refractivity contribution in [2.24, 2.45) is 17.3 Å². The molecule has 0 spiro atoms. The fraction of sp³-hybridized carbons (Fsp3) is 0.541. The molecule has 9 heteroatoms. The maximum absolute atomic E-state index is 13.9. The summed E-state index contributed by atoms with van der Waals surface area (Å²) in [7, 11) is 0. The standard InChI is InChI=1S/C37H52N4O5/c1-24(2)21-30(33(43)37(6)19-20-37)39-36(46)32(23-28-15-11-8-12-16-28)41-35(45)31(22-25(3)4)40-34(44)29(38-26(5)42)18-17-27-13-9-7-10-14-27/h7-16,24-25,29-32H,17-23H2,1-6H3,(H,38,42)(H,39,46)(H,40,44)(H,41,45). The van der Waals surface area contributed by atoms with E-state index in [2.05, 4.69) is 21.3 Å². The molecule has 4 amide bonds. The average Bonchev–Trinajstić information content (AvgIpc) is 3.76. The lowest BCUT2D eigenvalue weighted by Crippen LogP contribution is -2.58. The molecular formula is C37H52N4O5. The molecule has 1 fully saturated rings. The Kier molecular flexibility index (Phi) is 13.5. The third-order valence-corrected chi connectivity index (χ3v) is 8.45. The molecule has 0 aliphatic heterocycles. The Labute approximate surface area is 274 Å². The summed E-state index contributed by atoms with van der Waals surface area (Å²) in [4.78, 5) is 66.5. The molecule has 9 nitrogen and oxygen atoms in total. The molecule has 2 aromatic carbocycles. The smallest absolute Gasteiger partial charge is 0.243 e. The van der Waals surface area contributed by atoms with E-state index in [0.717, 1.165) is 24.0 Å². The highest BCUT2D eigenvalue weighted by Gasteiger charge is 2.48. The van der Waals surface area contributed by atoms with Crippen LogP contribution in [0.2, 0.25) is 0 Å². The Morgan fingerprint density at radius 2 is 1.09 bits per heavy atom. The third-order valence-electron chi connectivity index (χ3n) is 8.45. The summed E-state index contributed by atoms with van der Waals surface area (Å²) in [6, 6.07) is 15.6. The Bertz CT molecular complexity index is 1320. The number of carbonyl (C=O) groups is 5. The van der Waals surface area contributed by atoms with Crippen LogP contribution in [0.25, 0.3) is 0 Å². The summed E-state index contributed by atoms with van der Waals surface area (Å²) in [6.45, 7) is 11.2. The van der Waals surface area contributed by atoms with E-state index in [4.69, 9.17) is 0 Å². The molecule has 0 radical (unpaired) electrons. The Balaban J connectivity index is 1.80. The van der Waals surface area contributed by atoms with Gasteiger partial charge in [0.1, 0.15) is 18.1 Å². The maximum Gasteiger partial charge on any atom is 0.243 e. The number of nitrogens with one attached hydrogen (secondary N) is 4. The molecule has 4 atom stereocenters. The minimum Gasteiger partial charge on any atom is -0.345 e. The minimum atomic E-state index is -0.972. The second-order valence-electron chi connectivity index (χ2n) is 13.8. The zero-order valence-corrected chi connectivity index (χ0v) is 28.2. The van der Waals surface area contributed by atoms with Gasteiger partial charge in [-0.2, -0.15) is 0 Å². The lowest BCUT2D eigenvalue weighted by molar-refractivity contribution is -0.135. The Hall–Kier alpha value is -4.01. The van der Waals surface area contributed by atoms with Gasteiger partial charge in [-0.1, -0.05) is 95.3 Å². The molecule has 4 unspecified atom stereocenters. The predicted octanol–water partition coefficient (Wildman–Crippen LogP) is 4.28. The average molecular weight is 633 g/mol. The number of aryl methyl sites for hydroxylation is 1. The van der Waals surface area contributed by atoms with E-state index < -0.39 is 47.3 Å². The van der Waals surface area contributed by atoms with Gasteiger partial charge in [-0.15, -0.1) is 0 Å². The molecule has 2 aromatic rings. The summed E-state index contributed by atoms with van der Waals surface area (Å²) in [5.74, 6) is -1.47. The van der Waals surface area contributed by atoms with E-state index >= 15 is 0 Å². The predicted molar refractivity (Wildman–Crippen MR) is 180 cm³/mol. The quantitative estimate of drug-likeness (QED) is 0.195. The molecule has 3 rings (SSSR count). The maximum atomic E-state index is 13.9. The van der Waals surface area contributed by atoms with E-state index in [1.54, 1.807) is 0 Å². The fourth-order valence-corrected chi connectivity index (χ4v) is 5.61. The van der Waals surface area contributed by atoms with Crippen LogP contribution in [-0.2, 0) is 36.8 Å². The van der Waals surface area contributed by atoms with Crippen molar-refractivity contribution in [2.45, 2.75) is 111 Å². The second kappa shape index (κ2) is 17.1. The summed E-state index contributed by atoms with van der Waals surface area (Å²) in [6.07, 6.45) is 3.58. The van der Waals surface area contributed by atoms with Crippen molar-refractivity contribution in [1.29, 1.82) is 0 Å². The molecule has 4 N–H and O–H groups in total. The minimum absolute atomic E-state index is 0.0313. The van der Waals surface area contributed by atoms with Crippen LogP contribution < -0.4 is 21.3 Å². The molecule has 1 saturated carbocycles. The van der Waals surface area contributed by atoms with E-state index in [-0.39, 0.29) is 29.9 Å². The number of carbonyl (C=O) groups excluding carboxylic acids is 5. The molecule has 0 bridgehead atoms. The lowest BCUT2D eigenvalue weighted by Gasteiger charge is -2.28. The first-order chi connectivity index (χ1) is 21.8.